The normalized spacial score (nSPS) is 18.3. The first-order chi connectivity index (χ1) is 10.3. The number of carbonyl (C=O) groups is 1. The second-order valence-corrected chi connectivity index (χ2v) is 6.26. The Morgan fingerprint density at radius 1 is 0.952 bits per heavy atom. The molecule has 3 rings (SSSR count). The highest BCUT2D eigenvalue weighted by Crippen LogP contribution is 2.49. The van der Waals surface area contributed by atoms with E-state index in [0.717, 1.165) is 22.3 Å². The summed E-state index contributed by atoms with van der Waals surface area (Å²) in [6.07, 6.45) is 2.75. The van der Waals surface area contributed by atoms with Crippen LogP contribution in [-0.2, 0) is 4.79 Å². The van der Waals surface area contributed by atoms with Crippen molar-refractivity contribution in [2.45, 2.75) is 5.25 Å². The van der Waals surface area contributed by atoms with E-state index >= 15 is 0 Å². The highest BCUT2D eigenvalue weighted by atomic mass is 35.5. The molecule has 0 aromatic heterocycles. The maximum absolute atomic E-state index is 11.4. The zero-order valence-corrected chi connectivity index (χ0v) is 12.8. The van der Waals surface area contributed by atoms with Crippen LogP contribution in [0.2, 0.25) is 0 Å². The molecule has 0 amide bonds. The van der Waals surface area contributed by atoms with E-state index in [2.05, 4.69) is 12.1 Å². The van der Waals surface area contributed by atoms with Crippen molar-refractivity contribution in [2.75, 3.05) is 0 Å². The van der Waals surface area contributed by atoms with Crippen LogP contribution in [0, 0.1) is 0 Å². The molecule has 0 saturated heterocycles. The molecule has 1 heterocycles. The monoisotopic (exact) mass is 312 g/mol. The average Bonchev–Trinajstić information content (AvgIpc) is 2.55. The number of hydrogen-bond acceptors (Lipinski definition) is 2. The summed E-state index contributed by atoms with van der Waals surface area (Å²) in [4.78, 5) is 12.5. The van der Waals surface area contributed by atoms with Crippen LogP contribution in [0.5, 0.6) is 0 Å². The lowest BCUT2D eigenvalue weighted by atomic mass is 10.0. The number of aldehydes is 1. The highest BCUT2D eigenvalue weighted by Gasteiger charge is 2.25. The number of benzene rings is 2. The lowest BCUT2D eigenvalue weighted by molar-refractivity contribution is -0.105. The summed E-state index contributed by atoms with van der Waals surface area (Å²) < 4.78 is 0. The smallest absolute Gasteiger partial charge is 0.149 e. The summed E-state index contributed by atoms with van der Waals surface area (Å²) in [5.74, 6) is 0. The summed E-state index contributed by atoms with van der Waals surface area (Å²) in [5, 5.41) is 0.466. The summed E-state index contributed by atoms with van der Waals surface area (Å²) in [7, 11) is 0. The topological polar surface area (TPSA) is 17.1 Å². The van der Waals surface area contributed by atoms with E-state index in [1.165, 1.54) is 0 Å². The molecule has 2 aromatic rings. The maximum atomic E-state index is 11.4. The molecule has 21 heavy (non-hydrogen) atoms. The van der Waals surface area contributed by atoms with Crippen LogP contribution in [0.25, 0.3) is 4.91 Å². The van der Waals surface area contributed by atoms with E-state index in [4.69, 9.17) is 11.6 Å². The van der Waals surface area contributed by atoms with Crippen LogP contribution in [0.3, 0.4) is 0 Å². The quantitative estimate of drug-likeness (QED) is 0.724. The molecule has 104 valence electrons. The van der Waals surface area contributed by atoms with Gasteiger partial charge < -0.3 is 0 Å². The van der Waals surface area contributed by atoms with Crippen LogP contribution < -0.4 is 0 Å². The number of hydrogen-bond donors (Lipinski definition) is 0. The molecule has 0 fully saturated rings. The Balaban J connectivity index is 2.04. The maximum Gasteiger partial charge on any atom is 0.149 e. The third kappa shape index (κ3) is 2.97. The van der Waals surface area contributed by atoms with Gasteiger partial charge in [-0.1, -0.05) is 72.3 Å². The number of halogens is 1. The van der Waals surface area contributed by atoms with Gasteiger partial charge in [-0.05, 0) is 17.2 Å². The zero-order chi connectivity index (χ0) is 14.7. The lowest BCUT2D eigenvalue weighted by Crippen LogP contribution is -2.05. The lowest BCUT2D eigenvalue weighted by Gasteiger charge is -2.24. The Hall–Kier alpha value is -1.77. The Kier molecular flexibility index (Phi) is 4.28. The third-order valence-electron chi connectivity index (χ3n) is 3.35. The van der Waals surface area contributed by atoms with E-state index in [-0.39, 0.29) is 5.25 Å². The third-order valence-corrected chi connectivity index (χ3v) is 5.05. The minimum atomic E-state index is -0.0589. The summed E-state index contributed by atoms with van der Waals surface area (Å²) >= 11 is 7.99. The van der Waals surface area contributed by atoms with Gasteiger partial charge >= 0.3 is 0 Å². The molecule has 1 aliphatic rings. The Labute approximate surface area is 133 Å². The molecule has 1 atom stereocenters. The predicted molar refractivity (Wildman–Crippen MR) is 90.1 cm³/mol. The number of allylic oxidation sites excluding steroid dienone is 2. The Morgan fingerprint density at radius 3 is 2.19 bits per heavy atom. The zero-order valence-electron chi connectivity index (χ0n) is 11.2. The minimum absolute atomic E-state index is 0.0589. The van der Waals surface area contributed by atoms with Gasteiger partial charge in [-0.2, -0.15) is 0 Å². The van der Waals surface area contributed by atoms with Crippen LogP contribution in [0.4, 0.5) is 0 Å². The van der Waals surface area contributed by atoms with Crippen molar-refractivity contribution in [3.05, 3.63) is 88.5 Å². The summed E-state index contributed by atoms with van der Waals surface area (Å²) in [6.45, 7) is 0. The van der Waals surface area contributed by atoms with E-state index in [0.29, 0.717) is 10.6 Å². The average molecular weight is 313 g/mol. The first-order valence-electron chi connectivity index (χ1n) is 6.63. The molecule has 2 aromatic carbocycles. The fourth-order valence-electron chi connectivity index (χ4n) is 2.30. The molecule has 0 bridgehead atoms. The molecule has 1 unspecified atom stereocenters. The molecule has 1 aliphatic heterocycles. The summed E-state index contributed by atoms with van der Waals surface area (Å²) in [5.41, 5.74) is 2.84. The van der Waals surface area contributed by atoms with Crippen molar-refractivity contribution >= 4 is 34.6 Å². The van der Waals surface area contributed by atoms with Gasteiger partial charge in [-0.25, -0.2) is 0 Å². The van der Waals surface area contributed by atoms with Crippen LogP contribution in [0.1, 0.15) is 16.4 Å². The Bertz CT molecular complexity index is 705. The van der Waals surface area contributed by atoms with Gasteiger partial charge in [0.15, 0.2) is 0 Å². The fourth-order valence-corrected chi connectivity index (χ4v) is 4.00. The van der Waals surface area contributed by atoms with E-state index in [9.17, 15) is 4.79 Å². The Morgan fingerprint density at radius 2 is 1.57 bits per heavy atom. The molecule has 0 spiro atoms. The van der Waals surface area contributed by atoms with Crippen LogP contribution in [0.15, 0.2) is 77.3 Å². The molecular weight excluding hydrogens is 300 g/mol. The van der Waals surface area contributed by atoms with E-state index in [1.807, 2.05) is 54.6 Å². The van der Waals surface area contributed by atoms with Crippen molar-refractivity contribution in [1.29, 1.82) is 0 Å². The van der Waals surface area contributed by atoms with Gasteiger partial charge in [0.25, 0.3) is 0 Å². The van der Waals surface area contributed by atoms with E-state index < -0.39 is 0 Å². The predicted octanol–water partition coefficient (Wildman–Crippen LogP) is 5.21. The molecule has 0 radical (unpaired) electrons. The van der Waals surface area contributed by atoms with Gasteiger partial charge in [0.05, 0.1) is 5.25 Å². The number of thioether (sulfide) groups is 1. The van der Waals surface area contributed by atoms with Crippen molar-refractivity contribution < 1.29 is 4.79 Å². The second-order valence-electron chi connectivity index (χ2n) is 4.70. The molecule has 0 saturated carbocycles. The first-order valence-corrected chi connectivity index (χ1v) is 7.89. The van der Waals surface area contributed by atoms with Gasteiger partial charge in [-0.15, -0.1) is 11.8 Å². The fraction of sp³-hybridized carbons (Fsp3) is 0.0556. The van der Waals surface area contributed by atoms with Gasteiger partial charge in [-0.3, -0.25) is 4.79 Å². The van der Waals surface area contributed by atoms with Gasteiger partial charge in [0, 0.05) is 15.5 Å². The van der Waals surface area contributed by atoms with Crippen LogP contribution >= 0.6 is 23.4 Å². The van der Waals surface area contributed by atoms with Gasteiger partial charge in [0.1, 0.15) is 6.29 Å². The molecule has 3 heteroatoms. The standard InChI is InChI=1S/C18H13ClOS/c19-16-11-17(13-7-3-1-4-8-13)21-18(15(16)12-20)14-9-5-2-6-10-14/h1-12,18H. The first kappa shape index (κ1) is 14.2. The molecular formula is C18H13ClOS. The number of rotatable bonds is 3. The van der Waals surface area contributed by atoms with Crippen LogP contribution in [-0.4, -0.2) is 6.29 Å². The molecule has 0 N–H and O–H groups in total. The number of carbonyl (C=O) groups excluding carboxylic acids is 1. The second kappa shape index (κ2) is 6.33. The van der Waals surface area contributed by atoms with Gasteiger partial charge in [0.2, 0.25) is 0 Å². The van der Waals surface area contributed by atoms with Crippen molar-refractivity contribution in [1.82, 2.24) is 0 Å². The summed E-state index contributed by atoms with van der Waals surface area (Å²) in [6, 6.07) is 20.1. The van der Waals surface area contributed by atoms with Crippen molar-refractivity contribution in [3.63, 3.8) is 0 Å². The largest absolute Gasteiger partial charge is 0.298 e. The SMILES string of the molecule is O=CC1=C(Cl)C=C(c2ccccc2)SC1c1ccccc1. The molecule has 0 aliphatic carbocycles. The highest BCUT2D eigenvalue weighted by molar-refractivity contribution is 8.08. The van der Waals surface area contributed by atoms with E-state index in [1.54, 1.807) is 11.8 Å². The van der Waals surface area contributed by atoms with Crippen molar-refractivity contribution in [3.8, 4) is 0 Å². The minimum Gasteiger partial charge on any atom is -0.298 e. The molecule has 1 nitrogen and oxygen atoms in total. The van der Waals surface area contributed by atoms with Crippen molar-refractivity contribution in [2.24, 2.45) is 0 Å².